The molecule has 8 heteroatoms. The van der Waals surface area contributed by atoms with Gasteiger partial charge in [0.05, 0.1) is 0 Å². The SMILES string of the molecule is CCc1ccc(C(=O)c2sc(Nc3ccc(OCCN4CCCC4)cc3)nc2N)cc1F. The Balaban J connectivity index is 1.37. The number of rotatable bonds is 9. The third-order valence-electron chi connectivity index (χ3n) is 5.54. The first-order chi connectivity index (χ1) is 15.5. The van der Waals surface area contributed by atoms with E-state index in [0.29, 0.717) is 23.7 Å². The highest BCUT2D eigenvalue weighted by Gasteiger charge is 2.19. The summed E-state index contributed by atoms with van der Waals surface area (Å²) in [5.74, 6) is 0.213. The minimum Gasteiger partial charge on any atom is -0.492 e. The highest BCUT2D eigenvalue weighted by atomic mass is 32.1. The first-order valence-corrected chi connectivity index (χ1v) is 11.7. The van der Waals surface area contributed by atoms with Gasteiger partial charge in [-0.25, -0.2) is 9.37 Å². The van der Waals surface area contributed by atoms with Crippen LogP contribution in [-0.4, -0.2) is 41.9 Å². The normalized spacial score (nSPS) is 13.9. The predicted molar refractivity (Wildman–Crippen MR) is 127 cm³/mol. The Morgan fingerprint density at radius 2 is 1.97 bits per heavy atom. The van der Waals surface area contributed by atoms with E-state index in [1.54, 1.807) is 12.1 Å². The summed E-state index contributed by atoms with van der Waals surface area (Å²) in [6, 6.07) is 12.1. The molecule has 0 radical (unpaired) electrons. The highest BCUT2D eigenvalue weighted by molar-refractivity contribution is 7.18. The molecule has 1 saturated heterocycles. The van der Waals surface area contributed by atoms with Crippen LogP contribution in [0.25, 0.3) is 0 Å². The topological polar surface area (TPSA) is 80.5 Å². The van der Waals surface area contributed by atoms with Crippen LogP contribution >= 0.6 is 11.3 Å². The Labute approximate surface area is 191 Å². The lowest BCUT2D eigenvalue weighted by Gasteiger charge is -2.15. The number of carbonyl (C=O) groups excluding carboxylic acids is 1. The summed E-state index contributed by atoms with van der Waals surface area (Å²) in [4.78, 5) is 19.8. The van der Waals surface area contributed by atoms with Crippen molar-refractivity contribution in [2.45, 2.75) is 26.2 Å². The molecule has 1 aromatic heterocycles. The molecule has 32 heavy (non-hydrogen) atoms. The van der Waals surface area contributed by atoms with Crippen molar-refractivity contribution in [3.05, 3.63) is 64.3 Å². The molecule has 0 bridgehead atoms. The summed E-state index contributed by atoms with van der Waals surface area (Å²) >= 11 is 1.15. The van der Waals surface area contributed by atoms with Crippen LogP contribution in [-0.2, 0) is 6.42 Å². The molecule has 1 aliphatic rings. The number of hydrogen-bond acceptors (Lipinski definition) is 7. The van der Waals surface area contributed by atoms with Crippen molar-refractivity contribution in [3.63, 3.8) is 0 Å². The molecule has 0 aliphatic carbocycles. The molecular formula is C24H27FN4O2S. The summed E-state index contributed by atoms with van der Waals surface area (Å²) in [7, 11) is 0. The zero-order valence-corrected chi connectivity index (χ0v) is 18.9. The van der Waals surface area contributed by atoms with Gasteiger partial charge in [-0.3, -0.25) is 9.69 Å². The van der Waals surface area contributed by atoms with Gasteiger partial charge in [-0.2, -0.15) is 0 Å². The maximum Gasteiger partial charge on any atom is 0.206 e. The molecule has 6 nitrogen and oxygen atoms in total. The van der Waals surface area contributed by atoms with Gasteiger partial charge >= 0.3 is 0 Å². The van der Waals surface area contributed by atoms with Gasteiger partial charge in [0, 0.05) is 17.8 Å². The van der Waals surface area contributed by atoms with Crippen molar-refractivity contribution in [2.24, 2.45) is 0 Å². The van der Waals surface area contributed by atoms with Crippen molar-refractivity contribution >= 4 is 33.8 Å². The van der Waals surface area contributed by atoms with Gasteiger partial charge in [-0.15, -0.1) is 0 Å². The summed E-state index contributed by atoms with van der Waals surface area (Å²) < 4.78 is 19.9. The largest absolute Gasteiger partial charge is 0.492 e. The van der Waals surface area contributed by atoms with E-state index >= 15 is 0 Å². The summed E-state index contributed by atoms with van der Waals surface area (Å²) in [6.45, 7) is 5.80. The van der Waals surface area contributed by atoms with Crippen LogP contribution in [0.2, 0.25) is 0 Å². The molecule has 0 spiro atoms. The molecule has 2 heterocycles. The van der Waals surface area contributed by atoms with Gasteiger partial charge in [-0.1, -0.05) is 30.4 Å². The summed E-state index contributed by atoms with van der Waals surface area (Å²) in [5.41, 5.74) is 7.62. The molecule has 1 aliphatic heterocycles. The Bertz CT molecular complexity index is 1080. The van der Waals surface area contributed by atoms with Crippen molar-refractivity contribution < 1.29 is 13.9 Å². The number of nitrogens with two attached hydrogens (primary N) is 1. The average Bonchev–Trinajstić information content (AvgIpc) is 3.44. The van der Waals surface area contributed by atoms with Crippen LogP contribution in [0.1, 0.15) is 40.6 Å². The lowest BCUT2D eigenvalue weighted by Crippen LogP contribution is -2.25. The van der Waals surface area contributed by atoms with Crippen molar-refractivity contribution in [2.75, 3.05) is 37.3 Å². The van der Waals surface area contributed by atoms with Gasteiger partial charge in [-0.05, 0) is 68.2 Å². The van der Waals surface area contributed by atoms with Crippen LogP contribution in [0.15, 0.2) is 42.5 Å². The van der Waals surface area contributed by atoms with Gasteiger partial charge in [0.15, 0.2) is 5.13 Å². The van der Waals surface area contributed by atoms with E-state index in [1.807, 2.05) is 31.2 Å². The zero-order valence-electron chi connectivity index (χ0n) is 18.1. The first kappa shape index (κ1) is 22.2. The Morgan fingerprint density at radius 1 is 1.22 bits per heavy atom. The van der Waals surface area contributed by atoms with E-state index in [4.69, 9.17) is 10.5 Å². The number of aryl methyl sites for hydroxylation is 1. The second kappa shape index (κ2) is 10.1. The van der Waals surface area contributed by atoms with E-state index in [1.165, 1.54) is 18.9 Å². The number of hydrogen-bond donors (Lipinski definition) is 2. The molecule has 3 aromatic rings. The molecule has 3 N–H and O–H groups in total. The molecule has 0 saturated carbocycles. The molecule has 0 atom stereocenters. The van der Waals surface area contributed by atoms with Crippen LogP contribution in [0.4, 0.5) is 21.0 Å². The van der Waals surface area contributed by atoms with Crippen LogP contribution in [0.3, 0.4) is 0 Å². The van der Waals surface area contributed by atoms with Crippen molar-refractivity contribution in [1.82, 2.24) is 9.88 Å². The number of carbonyl (C=O) groups is 1. The molecular weight excluding hydrogens is 427 g/mol. The van der Waals surface area contributed by atoms with Gasteiger partial charge in [0.1, 0.15) is 28.9 Å². The van der Waals surface area contributed by atoms with Crippen molar-refractivity contribution in [1.29, 1.82) is 0 Å². The van der Waals surface area contributed by atoms with Gasteiger partial charge < -0.3 is 15.8 Å². The molecule has 1 fully saturated rings. The van der Waals surface area contributed by atoms with E-state index in [-0.39, 0.29) is 27.9 Å². The number of likely N-dealkylation sites (tertiary alicyclic amines) is 1. The Morgan fingerprint density at radius 3 is 2.66 bits per heavy atom. The van der Waals surface area contributed by atoms with Gasteiger partial charge in [0.2, 0.25) is 5.78 Å². The molecule has 168 valence electrons. The molecule has 0 amide bonds. The Hall–Kier alpha value is -2.97. The van der Waals surface area contributed by atoms with E-state index in [2.05, 4.69) is 15.2 Å². The number of nitrogen functional groups attached to an aromatic ring is 1. The smallest absolute Gasteiger partial charge is 0.206 e. The standard InChI is InChI=1S/C24H27FN4O2S/c1-2-16-5-6-17(15-20(16)25)21(30)22-23(26)28-24(32-22)27-18-7-9-19(10-8-18)31-14-13-29-11-3-4-12-29/h5-10,15H,2-4,11-14,26H2,1H3,(H,27,28). The maximum atomic E-state index is 14.1. The number of benzene rings is 2. The number of nitrogens with zero attached hydrogens (tertiary/aromatic N) is 2. The number of ether oxygens (including phenoxy) is 1. The number of halogens is 1. The lowest BCUT2D eigenvalue weighted by molar-refractivity contribution is 0.104. The van der Waals surface area contributed by atoms with E-state index < -0.39 is 0 Å². The van der Waals surface area contributed by atoms with Crippen LogP contribution < -0.4 is 15.8 Å². The number of thiazole rings is 1. The first-order valence-electron chi connectivity index (χ1n) is 10.8. The number of aromatic nitrogens is 1. The molecule has 4 rings (SSSR count). The lowest BCUT2D eigenvalue weighted by atomic mass is 10.1. The summed E-state index contributed by atoms with van der Waals surface area (Å²) in [5, 5.41) is 3.67. The predicted octanol–water partition coefficient (Wildman–Crippen LogP) is 4.88. The average molecular weight is 455 g/mol. The minimum atomic E-state index is -0.387. The van der Waals surface area contributed by atoms with Crippen LogP contribution in [0.5, 0.6) is 5.75 Å². The minimum absolute atomic E-state index is 0.129. The highest BCUT2D eigenvalue weighted by Crippen LogP contribution is 2.30. The zero-order chi connectivity index (χ0) is 22.5. The number of nitrogens with one attached hydrogen (secondary N) is 1. The van der Waals surface area contributed by atoms with E-state index in [9.17, 15) is 9.18 Å². The third-order valence-corrected chi connectivity index (χ3v) is 6.52. The second-order valence-electron chi connectivity index (χ2n) is 7.77. The Kier molecular flexibility index (Phi) is 7.02. The number of ketones is 1. The fraction of sp³-hybridized carbons (Fsp3) is 0.333. The fourth-order valence-electron chi connectivity index (χ4n) is 3.71. The maximum absolute atomic E-state index is 14.1. The third kappa shape index (κ3) is 5.26. The van der Waals surface area contributed by atoms with Crippen molar-refractivity contribution in [3.8, 4) is 5.75 Å². The second-order valence-corrected chi connectivity index (χ2v) is 8.77. The van der Waals surface area contributed by atoms with E-state index in [0.717, 1.165) is 42.4 Å². The fourth-order valence-corrected chi connectivity index (χ4v) is 4.58. The van der Waals surface area contributed by atoms with Crippen LogP contribution in [0, 0.1) is 5.82 Å². The number of anilines is 3. The van der Waals surface area contributed by atoms with Gasteiger partial charge in [0.25, 0.3) is 0 Å². The monoisotopic (exact) mass is 454 g/mol. The summed E-state index contributed by atoms with van der Waals surface area (Å²) in [6.07, 6.45) is 3.12. The quantitative estimate of drug-likeness (QED) is 0.449. The molecule has 2 aromatic carbocycles. The molecule has 0 unspecified atom stereocenters.